The van der Waals surface area contributed by atoms with Crippen LogP contribution in [0.5, 0.6) is 0 Å². The van der Waals surface area contributed by atoms with Crippen LogP contribution in [-0.4, -0.2) is 24.1 Å². The molecule has 5 rings (SSSR count). The van der Waals surface area contributed by atoms with Crippen LogP contribution in [0.2, 0.25) is 0 Å². The summed E-state index contributed by atoms with van der Waals surface area (Å²) < 4.78 is 3.68. The van der Waals surface area contributed by atoms with Crippen LogP contribution in [0.1, 0.15) is 34.9 Å². The Morgan fingerprint density at radius 3 is 2.82 bits per heavy atom. The molecule has 0 saturated heterocycles. The van der Waals surface area contributed by atoms with E-state index in [1.165, 1.54) is 46.1 Å². The van der Waals surface area contributed by atoms with Crippen molar-refractivity contribution >= 4 is 28.1 Å². The maximum Gasteiger partial charge on any atom is 0.275 e. The van der Waals surface area contributed by atoms with Gasteiger partial charge in [0.15, 0.2) is 5.16 Å². The molecule has 0 aliphatic heterocycles. The van der Waals surface area contributed by atoms with Crippen LogP contribution in [0.15, 0.2) is 46.3 Å². The molecule has 0 fully saturated rings. The van der Waals surface area contributed by atoms with Gasteiger partial charge in [0.1, 0.15) is 5.01 Å². The van der Waals surface area contributed by atoms with E-state index >= 15 is 0 Å². The predicted molar refractivity (Wildman–Crippen MR) is 112 cm³/mol. The molecule has 4 aromatic rings. The molecule has 0 bridgehead atoms. The second-order valence-corrected chi connectivity index (χ2v) is 8.86. The number of hydrogen-bond acceptors (Lipinski definition) is 6. The fraction of sp³-hybridized carbons (Fsp3) is 0.300. The van der Waals surface area contributed by atoms with Gasteiger partial charge in [-0.05, 0) is 44.7 Å². The topological polar surface area (TPSA) is 65.1 Å². The molecule has 3 aromatic heterocycles. The minimum absolute atomic E-state index is 0.128. The molecule has 0 saturated carbocycles. The summed E-state index contributed by atoms with van der Waals surface area (Å²) in [6.45, 7) is 1.83. The number of rotatable bonds is 4. The van der Waals surface area contributed by atoms with E-state index < -0.39 is 0 Å². The lowest BCUT2D eigenvalue weighted by Crippen LogP contribution is -2.14. The van der Waals surface area contributed by atoms with E-state index in [9.17, 15) is 4.79 Å². The lowest BCUT2D eigenvalue weighted by Gasteiger charge is -2.15. The van der Waals surface area contributed by atoms with Gasteiger partial charge in [0.05, 0.1) is 11.4 Å². The van der Waals surface area contributed by atoms with Gasteiger partial charge in [-0.15, -0.1) is 0 Å². The fourth-order valence-corrected chi connectivity index (χ4v) is 5.58. The largest absolute Gasteiger partial charge is 0.292 e. The number of fused-ring (bicyclic) bond motifs is 2. The van der Waals surface area contributed by atoms with Gasteiger partial charge in [0.2, 0.25) is 4.96 Å². The highest BCUT2D eigenvalue weighted by Gasteiger charge is 2.21. The van der Waals surface area contributed by atoms with Gasteiger partial charge < -0.3 is 0 Å². The summed E-state index contributed by atoms with van der Waals surface area (Å²) in [5, 5.41) is 6.33. The summed E-state index contributed by atoms with van der Waals surface area (Å²) in [6.07, 6.45) is 4.52. The Balaban J connectivity index is 1.50. The summed E-state index contributed by atoms with van der Waals surface area (Å²) in [4.78, 5) is 22.1. The van der Waals surface area contributed by atoms with Gasteiger partial charge in [0.25, 0.3) is 5.56 Å². The first-order chi connectivity index (χ1) is 13.7. The number of hydrogen-bond donors (Lipinski definition) is 0. The molecule has 1 aromatic carbocycles. The highest BCUT2D eigenvalue weighted by Crippen LogP contribution is 2.32. The third-order valence-electron chi connectivity index (χ3n) is 4.86. The van der Waals surface area contributed by atoms with Gasteiger partial charge in [-0.2, -0.15) is 9.61 Å². The van der Waals surface area contributed by atoms with E-state index in [1.807, 2.05) is 13.0 Å². The van der Waals surface area contributed by atoms with Crippen molar-refractivity contribution in [2.45, 2.75) is 43.5 Å². The van der Waals surface area contributed by atoms with Crippen molar-refractivity contribution in [1.82, 2.24) is 24.1 Å². The SMILES string of the molecule is Cc1cc(=O)n2nc(CSc3nc4c(n3-c3ccccc3)CCCC4)sc2n1. The third-order valence-corrected chi connectivity index (χ3v) is 6.90. The third kappa shape index (κ3) is 3.16. The van der Waals surface area contributed by atoms with E-state index in [-0.39, 0.29) is 5.56 Å². The summed E-state index contributed by atoms with van der Waals surface area (Å²) in [5.74, 6) is 0.662. The number of benzene rings is 1. The normalized spacial score (nSPS) is 13.8. The molecule has 28 heavy (non-hydrogen) atoms. The molecule has 0 radical (unpaired) electrons. The zero-order valence-corrected chi connectivity index (χ0v) is 17.1. The van der Waals surface area contributed by atoms with Crippen molar-refractivity contribution in [2.75, 3.05) is 0 Å². The van der Waals surface area contributed by atoms with Gasteiger partial charge in [-0.1, -0.05) is 41.3 Å². The van der Waals surface area contributed by atoms with Crippen molar-refractivity contribution in [3.05, 3.63) is 68.8 Å². The van der Waals surface area contributed by atoms with Crippen LogP contribution in [0.4, 0.5) is 0 Å². The molecule has 0 atom stereocenters. The molecule has 0 N–H and O–H groups in total. The van der Waals surface area contributed by atoms with Crippen molar-refractivity contribution in [3.63, 3.8) is 0 Å². The maximum atomic E-state index is 12.1. The Hall–Kier alpha value is -2.45. The first kappa shape index (κ1) is 17.6. The zero-order chi connectivity index (χ0) is 19.1. The maximum absolute atomic E-state index is 12.1. The molecular weight excluding hydrogens is 390 g/mol. The van der Waals surface area contributed by atoms with Gasteiger partial charge in [-0.25, -0.2) is 9.97 Å². The average Bonchev–Trinajstić information content (AvgIpc) is 3.28. The van der Waals surface area contributed by atoms with Crippen molar-refractivity contribution < 1.29 is 0 Å². The minimum atomic E-state index is -0.128. The smallest absolute Gasteiger partial charge is 0.275 e. The van der Waals surface area contributed by atoms with Crippen molar-refractivity contribution in [3.8, 4) is 5.69 Å². The van der Waals surface area contributed by atoms with Gasteiger partial charge in [0, 0.05) is 23.1 Å². The van der Waals surface area contributed by atoms with E-state index in [0.717, 1.165) is 34.4 Å². The molecule has 0 spiro atoms. The quantitative estimate of drug-likeness (QED) is 0.480. The molecule has 6 nitrogen and oxygen atoms in total. The van der Waals surface area contributed by atoms with E-state index in [0.29, 0.717) is 10.7 Å². The number of imidazole rings is 1. The fourth-order valence-electron chi connectivity index (χ4n) is 3.60. The Kier molecular flexibility index (Phi) is 4.52. The standard InChI is InChI=1S/C20H19N5OS2/c1-13-11-18(26)25-20(21-13)28-17(23-25)12-27-19-22-15-9-5-6-10-16(15)24(19)14-7-3-2-4-8-14/h2-4,7-8,11H,5-6,9-10,12H2,1H3. The minimum Gasteiger partial charge on any atom is -0.292 e. The first-order valence-electron chi connectivity index (χ1n) is 9.34. The zero-order valence-electron chi connectivity index (χ0n) is 15.5. The van der Waals surface area contributed by atoms with Gasteiger partial charge >= 0.3 is 0 Å². The Bertz CT molecular complexity index is 1210. The van der Waals surface area contributed by atoms with Crippen LogP contribution in [-0.2, 0) is 18.6 Å². The molecule has 1 aliphatic carbocycles. The first-order valence-corrected chi connectivity index (χ1v) is 11.1. The predicted octanol–water partition coefficient (Wildman–Crippen LogP) is 3.82. The van der Waals surface area contributed by atoms with Crippen molar-refractivity contribution in [2.24, 2.45) is 0 Å². The highest BCUT2D eigenvalue weighted by atomic mass is 32.2. The molecule has 142 valence electrons. The molecule has 8 heteroatoms. The number of para-hydroxylation sites is 1. The highest BCUT2D eigenvalue weighted by molar-refractivity contribution is 7.98. The number of nitrogens with zero attached hydrogens (tertiary/aromatic N) is 5. The van der Waals surface area contributed by atoms with Crippen molar-refractivity contribution in [1.29, 1.82) is 0 Å². The number of aromatic nitrogens is 5. The summed E-state index contributed by atoms with van der Waals surface area (Å²) in [7, 11) is 0. The second-order valence-electron chi connectivity index (χ2n) is 6.88. The lowest BCUT2D eigenvalue weighted by atomic mass is 10.0. The summed E-state index contributed by atoms with van der Waals surface area (Å²) in [6, 6.07) is 11.9. The molecule has 3 heterocycles. The Labute approximate surface area is 170 Å². The molecule has 0 unspecified atom stereocenters. The average molecular weight is 410 g/mol. The second kappa shape index (κ2) is 7.18. The van der Waals surface area contributed by atoms with Gasteiger partial charge in [-0.3, -0.25) is 9.36 Å². The van der Waals surface area contributed by atoms with E-state index in [2.05, 4.69) is 38.9 Å². The molecular formula is C20H19N5OS2. The molecule has 0 amide bonds. The lowest BCUT2D eigenvalue weighted by molar-refractivity contribution is 0.654. The van der Waals surface area contributed by atoms with Crippen LogP contribution >= 0.6 is 23.1 Å². The van der Waals surface area contributed by atoms with E-state index in [4.69, 9.17) is 4.98 Å². The van der Waals surface area contributed by atoms with Crippen LogP contribution in [0.3, 0.4) is 0 Å². The summed E-state index contributed by atoms with van der Waals surface area (Å²) in [5.41, 5.74) is 4.29. The van der Waals surface area contributed by atoms with Crippen LogP contribution < -0.4 is 5.56 Å². The Morgan fingerprint density at radius 1 is 1.14 bits per heavy atom. The van der Waals surface area contributed by atoms with Crippen LogP contribution in [0, 0.1) is 6.92 Å². The summed E-state index contributed by atoms with van der Waals surface area (Å²) >= 11 is 3.13. The number of aryl methyl sites for hydroxylation is 2. The van der Waals surface area contributed by atoms with E-state index in [1.54, 1.807) is 11.8 Å². The Morgan fingerprint density at radius 2 is 1.96 bits per heavy atom. The monoisotopic (exact) mass is 409 g/mol. The van der Waals surface area contributed by atoms with Crippen LogP contribution in [0.25, 0.3) is 10.6 Å². The molecule has 1 aliphatic rings. The number of thioether (sulfide) groups is 1.